The summed E-state index contributed by atoms with van der Waals surface area (Å²) in [6.07, 6.45) is 0.837. The van der Waals surface area contributed by atoms with Gasteiger partial charge in [0.25, 0.3) is 0 Å². The van der Waals surface area contributed by atoms with E-state index < -0.39 is 0 Å². The third-order valence-corrected chi connectivity index (χ3v) is 3.25. The van der Waals surface area contributed by atoms with Crippen LogP contribution in [0.25, 0.3) is 0 Å². The normalized spacial score (nSPS) is 10.6. The predicted octanol–water partition coefficient (Wildman–Crippen LogP) is 3.70. The van der Waals surface area contributed by atoms with Crippen LogP contribution in [0.1, 0.15) is 25.2 Å². The molecule has 2 rings (SSSR count). The Balaban J connectivity index is 2.16. The first kappa shape index (κ1) is 13.0. The SMILES string of the molecule is CCc1nn(CC)c(COc2ccccc2)c1Cl. The van der Waals surface area contributed by atoms with Crippen LogP contribution in [0.5, 0.6) is 5.75 Å². The van der Waals surface area contributed by atoms with Gasteiger partial charge in [-0.15, -0.1) is 0 Å². The van der Waals surface area contributed by atoms with E-state index in [1.807, 2.05) is 35.0 Å². The third-order valence-electron chi connectivity index (χ3n) is 2.81. The Morgan fingerprint density at radius 3 is 2.56 bits per heavy atom. The second kappa shape index (κ2) is 5.91. The fourth-order valence-electron chi connectivity index (χ4n) is 1.82. The van der Waals surface area contributed by atoms with Crippen LogP contribution in [0.4, 0.5) is 0 Å². The summed E-state index contributed by atoms with van der Waals surface area (Å²) in [6, 6.07) is 9.73. The molecule has 1 heterocycles. The number of ether oxygens (including phenoxy) is 1. The van der Waals surface area contributed by atoms with Gasteiger partial charge in [0.05, 0.1) is 16.4 Å². The minimum absolute atomic E-state index is 0.448. The summed E-state index contributed by atoms with van der Waals surface area (Å²) in [7, 11) is 0. The van der Waals surface area contributed by atoms with E-state index in [2.05, 4.69) is 18.9 Å². The lowest BCUT2D eigenvalue weighted by Crippen LogP contribution is -2.06. The van der Waals surface area contributed by atoms with Crippen LogP contribution in [-0.2, 0) is 19.6 Å². The first-order chi connectivity index (χ1) is 8.76. The Morgan fingerprint density at radius 1 is 1.22 bits per heavy atom. The summed E-state index contributed by atoms with van der Waals surface area (Å²) >= 11 is 6.31. The zero-order valence-electron chi connectivity index (χ0n) is 10.7. The van der Waals surface area contributed by atoms with Gasteiger partial charge in [-0.05, 0) is 25.5 Å². The van der Waals surface area contributed by atoms with E-state index in [1.165, 1.54) is 0 Å². The topological polar surface area (TPSA) is 27.1 Å². The Bertz CT molecular complexity index is 508. The number of aromatic nitrogens is 2. The van der Waals surface area contributed by atoms with E-state index in [4.69, 9.17) is 16.3 Å². The average Bonchev–Trinajstić information content (AvgIpc) is 2.73. The van der Waals surface area contributed by atoms with Crippen molar-refractivity contribution in [3.05, 3.63) is 46.7 Å². The fraction of sp³-hybridized carbons (Fsp3) is 0.357. The predicted molar refractivity (Wildman–Crippen MR) is 73.1 cm³/mol. The largest absolute Gasteiger partial charge is 0.487 e. The van der Waals surface area contributed by atoms with Crippen molar-refractivity contribution in [2.45, 2.75) is 33.4 Å². The molecular formula is C14H17ClN2O. The highest BCUT2D eigenvalue weighted by Gasteiger charge is 2.14. The number of aryl methyl sites for hydroxylation is 2. The first-order valence-electron chi connectivity index (χ1n) is 6.18. The van der Waals surface area contributed by atoms with Crippen molar-refractivity contribution in [1.82, 2.24) is 9.78 Å². The third kappa shape index (κ3) is 2.67. The smallest absolute Gasteiger partial charge is 0.131 e. The number of nitrogens with zero attached hydrogens (tertiary/aromatic N) is 2. The molecule has 0 unspecified atom stereocenters. The van der Waals surface area contributed by atoms with Gasteiger partial charge in [0.1, 0.15) is 12.4 Å². The molecule has 0 aliphatic carbocycles. The van der Waals surface area contributed by atoms with Crippen molar-refractivity contribution in [2.24, 2.45) is 0 Å². The van der Waals surface area contributed by atoms with Crippen LogP contribution >= 0.6 is 11.6 Å². The number of rotatable bonds is 5. The number of benzene rings is 1. The lowest BCUT2D eigenvalue weighted by Gasteiger charge is -2.08. The van der Waals surface area contributed by atoms with E-state index in [0.717, 1.165) is 35.1 Å². The van der Waals surface area contributed by atoms with Gasteiger partial charge in [-0.2, -0.15) is 5.10 Å². The van der Waals surface area contributed by atoms with Gasteiger partial charge in [-0.1, -0.05) is 36.7 Å². The molecule has 0 amide bonds. The molecule has 0 aliphatic heterocycles. The van der Waals surface area contributed by atoms with E-state index in [0.29, 0.717) is 6.61 Å². The van der Waals surface area contributed by atoms with Gasteiger partial charge >= 0.3 is 0 Å². The van der Waals surface area contributed by atoms with E-state index in [1.54, 1.807) is 0 Å². The summed E-state index contributed by atoms with van der Waals surface area (Å²) in [4.78, 5) is 0. The van der Waals surface area contributed by atoms with Crippen molar-refractivity contribution in [1.29, 1.82) is 0 Å². The minimum Gasteiger partial charge on any atom is -0.487 e. The van der Waals surface area contributed by atoms with Crippen LogP contribution < -0.4 is 4.74 Å². The van der Waals surface area contributed by atoms with E-state index >= 15 is 0 Å². The Morgan fingerprint density at radius 2 is 1.94 bits per heavy atom. The summed E-state index contributed by atoms with van der Waals surface area (Å²) in [5, 5.41) is 5.20. The molecule has 0 radical (unpaired) electrons. The Labute approximate surface area is 112 Å². The van der Waals surface area contributed by atoms with E-state index in [9.17, 15) is 0 Å². The quantitative estimate of drug-likeness (QED) is 0.823. The molecule has 0 bridgehead atoms. The number of hydrogen-bond acceptors (Lipinski definition) is 2. The lowest BCUT2D eigenvalue weighted by molar-refractivity contribution is 0.292. The van der Waals surface area contributed by atoms with Crippen molar-refractivity contribution in [3.63, 3.8) is 0 Å². The maximum Gasteiger partial charge on any atom is 0.131 e. The van der Waals surface area contributed by atoms with Crippen LogP contribution in [0.2, 0.25) is 5.02 Å². The fourth-order valence-corrected chi connectivity index (χ4v) is 2.15. The number of hydrogen-bond donors (Lipinski definition) is 0. The van der Waals surface area contributed by atoms with Crippen molar-refractivity contribution < 1.29 is 4.74 Å². The Kier molecular flexibility index (Phi) is 4.26. The zero-order valence-corrected chi connectivity index (χ0v) is 11.4. The maximum atomic E-state index is 6.31. The molecular weight excluding hydrogens is 248 g/mol. The van der Waals surface area contributed by atoms with Crippen LogP contribution in [0, 0.1) is 0 Å². The molecule has 0 saturated carbocycles. The van der Waals surface area contributed by atoms with Gasteiger partial charge in [0.15, 0.2) is 0 Å². The molecule has 18 heavy (non-hydrogen) atoms. The van der Waals surface area contributed by atoms with Gasteiger partial charge in [-0.3, -0.25) is 4.68 Å². The van der Waals surface area contributed by atoms with Crippen molar-refractivity contribution >= 4 is 11.6 Å². The van der Waals surface area contributed by atoms with Gasteiger partial charge < -0.3 is 4.74 Å². The molecule has 96 valence electrons. The molecule has 3 nitrogen and oxygen atoms in total. The average molecular weight is 265 g/mol. The number of para-hydroxylation sites is 1. The summed E-state index contributed by atoms with van der Waals surface area (Å²) < 4.78 is 7.63. The number of halogens is 1. The zero-order chi connectivity index (χ0) is 13.0. The monoisotopic (exact) mass is 264 g/mol. The molecule has 0 aliphatic rings. The van der Waals surface area contributed by atoms with Crippen LogP contribution in [0.3, 0.4) is 0 Å². The second-order valence-electron chi connectivity index (χ2n) is 3.98. The first-order valence-corrected chi connectivity index (χ1v) is 6.56. The van der Waals surface area contributed by atoms with Gasteiger partial charge in [-0.25, -0.2) is 0 Å². The molecule has 0 saturated heterocycles. The highest BCUT2D eigenvalue weighted by molar-refractivity contribution is 6.31. The van der Waals surface area contributed by atoms with Gasteiger partial charge in [0.2, 0.25) is 0 Å². The van der Waals surface area contributed by atoms with Crippen LogP contribution in [-0.4, -0.2) is 9.78 Å². The summed E-state index contributed by atoms with van der Waals surface area (Å²) in [5.74, 6) is 0.843. The molecule has 0 N–H and O–H groups in total. The molecule has 1 aromatic heterocycles. The van der Waals surface area contributed by atoms with E-state index in [-0.39, 0.29) is 0 Å². The maximum absolute atomic E-state index is 6.31. The van der Waals surface area contributed by atoms with Crippen LogP contribution in [0.15, 0.2) is 30.3 Å². The molecule has 1 aromatic carbocycles. The van der Waals surface area contributed by atoms with Gasteiger partial charge in [0, 0.05) is 6.54 Å². The van der Waals surface area contributed by atoms with Crippen molar-refractivity contribution in [3.8, 4) is 5.75 Å². The molecule has 0 atom stereocenters. The highest BCUT2D eigenvalue weighted by Crippen LogP contribution is 2.23. The molecule has 0 fully saturated rings. The lowest BCUT2D eigenvalue weighted by atomic mass is 10.3. The second-order valence-corrected chi connectivity index (χ2v) is 4.36. The summed E-state index contributed by atoms with van der Waals surface area (Å²) in [5.41, 5.74) is 1.88. The Hall–Kier alpha value is -1.48. The molecule has 2 aromatic rings. The highest BCUT2D eigenvalue weighted by atomic mass is 35.5. The molecule has 0 spiro atoms. The summed E-state index contributed by atoms with van der Waals surface area (Å²) in [6.45, 7) is 5.35. The minimum atomic E-state index is 0.448. The molecule has 4 heteroatoms. The standard InChI is InChI=1S/C14H17ClN2O/c1-3-12-14(15)13(17(4-2)16-12)10-18-11-8-6-5-7-9-11/h5-9H,3-4,10H2,1-2H3. The van der Waals surface area contributed by atoms with Crippen molar-refractivity contribution in [2.75, 3.05) is 0 Å².